The Kier molecular flexibility index (Phi) is 3.10. The predicted molar refractivity (Wildman–Crippen MR) is 73.5 cm³/mol. The minimum absolute atomic E-state index is 0.00880. The molecule has 0 fully saturated rings. The summed E-state index contributed by atoms with van der Waals surface area (Å²) in [6.07, 6.45) is 3.41. The Labute approximate surface area is 113 Å². The molecule has 4 N–H and O–H groups in total. The molecule has 0 saturated carbocycles. The summed E-state index contributed by atoms with van der Waals surface area (Å²) in [4.78, 5) is 20.9. The fraction of sp³-hybridized carbons (Fsp3) is 0.273. The van der Waals surface area contributed by atoms with Crippen LogP contribution in [-0.2, 0) is 6.54 Å². The lowest BCUT2D eigenvalue weighted by Gasteiger charge is -2.11. The Morgan fingerprint density at radius 1 is 1.47 bits per heavy atom. The van der Waals surface area contributed by atoms with Gasteiger partial charge in [-0.2, -0.15) is 0 Å². The highest BCUT2D eigenvalue weighted by Crippen LogP contribution is 2.17. The average Bonchev–Trinajstić information content (AvgIpc) is 3.06. The van der Waals surface area contributed by atoms with E-state index < -0.39 is 0 Å². The van der Waals surface area contributed by atoms with Crippen LogP contribution in [0.1, 0.15) is 23.7 Å². The highest BCUT2D eigenvalue weighted by atomic mass is 32.1. The molecule has 0 saturated heterocycles. The monoisotopic (exact) mass is 275 g/mol. The number of thiazole rings is 1. The van der Waals surface area contributed by atoms with E-state index in [0.29, 0.717) is 22.8 Å². The van der Waals surface area contributed by atoms with E-state index in [4.69, 9.17) is 5.73 Å². The van der Waals surface area contributed by atoms with Gasteiger partial charge in [0.05, 0.1) is 17.9 Å². The molecule has 0 aliphatic rings. The fourth-order valence-corrected chi connectivity index (χ4v) is 2.29. The minimum Gasteiger partial charge on any atom is -0.382 e. The molecule has 8 heteroatoms. The molecule has 0 bridgehead atoms. The highest BCUT2D eigenvalue weighted by Gasteiger charge is 2.13. The number of rotatable bonds is 4. The summed E-state index contributed by atoms with van der Waals surface area (Å²) in [5.41, 5.74) is 8.95. The van der Waals surface area contributed by atoms with E-state index in [1.807, 2.05) is 18.6 Å². The molecule has 3 aromatic rings. The summed E-state index contributed by atoms with van der Waals surface area (Å²) in [5, 5.41) is 3.34. The molecular weight excluding hydrogens is 262 g/mol. The largest absolute Gasteiger partial charge is 0.382 e. The number of aromatic nitrogens is 5. The summed E-state index contributed by atoms with van der Waals surface area (Å²) in [7, 11) is 0. The van der Waals surface area contributed by atoms with Crippen LogP contribution >= 0.6 is 11.3 Å². The van der Waals surface area contributed by atoms with Crippen LogP contribution in [-0.4, -0.2) is 24.9 Å². The van der Waals surface area contributed by atoms with Crippen molar-refractivity contribution >= 4 is 28.3 Å². The molecule has 0 amide bonds. The first-order valence-electron chi connectivity index (χ1n) is 5.81. The van der Waals surface area contributed by atoms with Crippen LogP contribution in [0.2, 0.25) is 0 Å². The number of hydrogen-bond acceptors (Lipinski definition) is 7. The van der Waals surface area contributed by atoms with Crippen LogP contribution in [0.15, 0.2) is 18.0 Å². The number of fused-ring (bicyclic) bond motifs is 1. The fourth-order valence-electron chi connectivity index (χ4n) is 1.74. The van der Waals surface area contributed by atoms with Crippen LogP contribution < -0.4 is 11.1 Å². The number of nitrogens with one attached hydrogen (secondary N) is 2. The zero-order chi connectivity index (χ0) is 13.2. The van der Waals surface area contributed by atoms with Crippen molar-refractivity contribution < 1.29 is 0 Å². The third kappa shape index (κ3) is 2.40. The Bertz CT molecular complexity index is 675. The third-order valence-electron chi connectivity index (χ3n) is 2.78. The van der Waals surface area contributed by atoms with Crippen molar-refractivity contribution in [3.63, 3.8) is 0 Å². The number of nitrogens with zero attached hydrogens (tertiary/aromatic N) is 4. The second-order valence-corrected chi connectivity index (χ2v) is 5.11. The summed E-state index contributed by atoms with van der Waals surface area (Å²) in [6, 6.07) is -0.00880. The van der Waals surface area contributed by atoms with Gasteiger partial charge in [0.25, 0.3) is 0 Å². The number of nitrogen functional groups attached to an aromatic ring is 1. The number of hydrogen-bond donors (Lipinski definition) is 3. The number of anilines is 1. The van der Waals surface area contributed by atoms with Gasteiger partial charge >= 0.3 is 0 Å². The lowest BCUT2D eigenvalue weighted by molar-refractivity contribution is 0.551. The molecule has 0 aliphatic heterocycles. The van der Waals surface area contributed by atoms with Crippen molar-refractivity contribution in [3.8, 4) is 0 Å². The van der Waals surface area contributed by atoms with Gasteiger partial charge in [0.1, 0.15) is 11.3 Å². The van der Waals surface area contributed by atoms with Crippen molar-refractivity contribution in [1.82, 2.24) is 30.2 Å². The standard InChI is InChI=1S/C11H13N7S/c1-6(14-3-7-2-13-5-19-7)10-17-9(12)8-11(18-10)16-4-15-8/h2,4-6,14H,3H2,1H3,(H3,12,15,16,17,18). The van der Waals surface area contributed by atoms with Gasteiger partial charge in [0.15, 0.2) is 11.5 Å². The van der Waals surface area contributed by atoms with Gasteiger partial charge in [-0.3, -0.25) is 4.98 Å². The summed E-state index contributed by atoms with van der Waals surface area (Å²) in [6.45, 7) is 2.72. The van der Waals surface area contributed by atoms with Crippen molar-refractivity contribution in [1.29, 1.82) is 0 Å². The molecule has 3 aromatic heterocycles. The molecule has 19 heavy (non-hydrogen) atoms. The second kappa shape index (κ2) is 4.90. The van der Waals surface area contributed by atoms with E-state index in [0.717, 1.165) is 6.54 Å². The van der Waals surface area contributed by atoms with Crippen LogP contribution in [0.4, 0.5) is 5.82 Å². The Morgan fingerprint density at radius 2 is 2.37 bits per heavy atom. The average molecular weight is 275 g/mol. The maximum Gasteiger partial charge on any atom is 0.183 e. The Hall–Kier alpha value is -2.06. The lowest BCUT2D eigenvalue weighted by Crippen LogP contribution is -2.20. The molecule has 0 aromatic carbocycles. The van der Waals surface area contributed by atoms with Gasteiger partial charge in [0, 0.05) is 17.6 Å². The minimum atomic E-state index is -0.00880. The maximum atomic E-state index is 5.87. The van der Waals surface area contributed by atoms with Gasteiger partial charge in [0.2, 0.25) is 0 Å². The van der Waals surface area contributed by atoms with E-state index in [1.165, 1.54) is 4.88 Å². The van der Waals surface area contributed by atoms with Gasteiger partial charge in [-0.05, 0) is 6.92 Å². The summed E-state index contributed by atoms with van der Waals surface area (Å²) >= 11 is 1.61. The SMILES string of the molecule is CC(NCc1cncs1)c1nc(N)c2[nH]cnc2n1. The quantitative estimate of drug-likeness (QED) is 0.661. The molecule has 7 nitrogen and oxygen atoms in total. The van der Waals surface area contributed by atoms with Gasteiger partial charge in [-0.15, -0.1) is 11.3 Å². The number of nitrogens with two attached hydrogens (primary N) is 1. The van der Waals surface area contributed by atoms with Crippen molar-refractivity contribution in [2.24, 2.45) is 0 Å². The molecule has 3 heterocycles. The Morgan fingerprint density at radius 3 is 3.16 bits per heavy atom. The van der Waals surface area contributed by atoms with E-state index in [-0.39, 0.29) is 6.04 Å². The van der Waals surface area contributed by atoms with Crippen molar-refractivity contribution in [2.45, 2.75) is 19.5 Å². The van der Waals surface area contributed by atoms with Crippen molar-refractivity contribution in [3.05, 3.63) is 28.7 Å². The van der Waals surface area contributed by atoms with Crippen LogP contribution in [0.3, 0.4) is 0 Å². The predicted octanol–water partition coefficient (Wildman–Crippen LogP) is 1.24. The third-order valence-corrected chi connectivity index (χ3v) is 3.56. The van der Waals surface area contributed by atoms with Gasteiger partial charge < -0.3 is 16.0 Å². The van der Waals surface area contributed by atoms with Crippen molar-refractivity contribution in [2.75, 3.05) is 5.73 Å². The molecule has 0 spiro atoms. The zero-order valence-corrected chi connectivity index (χ0v) is 11.1. The Balaban J connectivity index is 1.79. The van der Waals surface area contributed by atoms with E-state index in [2.05, 4.69) is 30.2 Å². The van der Waals surface area contributed by atoms with Crippen LogP contribution in [0, 0.1) is 0 Å². The van der Waals surface area contributed by atoms with E-state index in [9.17, 15) is 0 Å². The zero-order valence-electron chi connectivity index (χ0n) is 10.3. The first-order chi connectivity index (χ1) is 9.24. The van der Waals surface area contributed by atoms with Crippen LogP contribution in [0.5, 0.6) is 0 Å². The molecule has 1 atom stereocenters. The number of H-pyrrole nitrogens is 1. The molecular formula is C11H13N7S. The highest BCUT2D eigenvalue weighted by molar-refractivity contribution is 7.09. The number of imidazole rings is 1. The summed E-state index contributed by atoms with van der Waals surface area (Å²) in [5.74, 6) is 1.06. The normalized spacial score (nSPS) is 12.9. The lowest BCUT2D eigenvalue weighted by atomic mass is 10.3. The molecule has 0 radical (unpaired) electrons. The topological polar surface area (TPSA) is 105 Å². The molecule has 1 unspecified atom stereocenters. The van der Waals surface area contributed by atoms with Gasteiger partial charge in [-0.25, -0.2) is 15.0 Å². The molecule has 3 rings (SSSR count). The van der Waals surface area contributed by atoms with Crippen LogP contribution in [0.25, 0.3) is 11.2 Å². The van der Waals surface area contributed by atoms with E-state index >= 15 is 0 Å². The second-order valence-electron chi connectivity index (χ2n) is 4.14. The maximum absolute atomic E-state index is 5.87. The summed E-state index contributed by atoms with van der Waals surface area (Å²) < 4.78 is 0. The molecule has 98 valence electrons. The van der Waals surface area contributed by atoms with Gasteiger partial charge in [-0.1, -0.05) is 0 Å². The first kappa shape index (κ1) is 12.0. The first-order valence-corrected chi connectivity index (χ1v) is 6.69. The smallest absolute Gasteiger partial charge is 0.183 e. The van der Waals surface area contributed by atoms with E-state index in [1.54, 1.807) is 17.7 Å². The number of aromatic amines is 1. The molecule has 0 aliphatic carbocycles.